The number of unbranched alkanes of at least 4 members (excludes halogenated alkanes) is 1. The molecule has 3 nitrogen and oxygen atoms in total. The Labute approximate surface area is 90.6 Å². The zero-order chi connectivity index (χ0) is 9.68. The number of aromatic nitrogens is 1. The van der Waals surface area contributed by atoms with Gasteiger partial charge in [-0.1, -0.05) is 13.3 Å². The van der Waals surface area contributed by atoms with Crippen molar-refractivity contribution < 1.29 is 4.74 Å². The number of halogens is 1. The topological polar surface area (TPSA) is 42.1 Å². The predicted molar refractivity (Wildman–Crippen MR) is 60.2 cm³/mol. The second-order valence-corrected chi connectivity index (χ2v) is 3.87. The van der Waals surface area contributed by atoms with E-state index in [0.717, 1.165) is 16.4 Å². The van der Waals surface area contributed by atoms with Gasteiger partial charge in [-0.05, 0) is 29.0 Å². The van der Waals surface area contributed by atoms with Crippen molar-refractivity contribution in [3.05, 3.63) is 26.2 Å². The molecule has 0 radical (unpaired) electrons. The fourth-order valence-corrected chi connectivity index (χ4v) is 1.34. The zero-order valence-electron chi connectivity index (χ0n) is 7.47. The van der Waals surface area contributed by atoms with Crippen LogP contribution >= 0.6 is 22.6 Å². The smallest absolute Gasteiger partial charge is 0.251 e. The number of rotatable bonds is 4. The Balaban J connectivity index is 2.64. The van der Waals surface area contributed by atoms with Crippen LogP contribution in [0.4, 0.5) is 0 Å². The molecule has 0 saturated carbocycles. The quantitative estimate of drug-likeness (QED) is 0.683. The molecule has 0 spiro atoms. The minimum Gasteiger partial charge on any atom is -0.492 e. The summed E-state index contributed by atoms with van der Waals surface area (Å²) >= 11 is 2.13. The number of hydrogen-bond donors (Lipinski definition) is 1. The lowest BCUT2D eigenvalue weighted by Crippen LogP contribution is -2.07. The molecule has 0 saturated heterocycles. The van der Waals surface area contributed by atoms with E-state index in [1.807, 2.05) is 0 Å². The number of hydrogen-bond acceptors (Lipinski definition) is 2. The van der Waals surface area contributed by atoms with Crippen molar-refractivity contribution in [1.29, 1.82) is 0 Å². The highest BCUT2D eigenvalue weighted by Crippen LogP contribution is 2.16. The first-order valence-electron chi connectivity index (χ1n) is 4.25. The van der Waals surface area contributed by atoms with Gasteiger partial charge in [-0.15, -0.1) is 0 Å². The van der Waals surface area contributed by atoms with E-state index in [1.54, 1.807) is 6.20 Å². The average Bonchev–Trinajstić information content (AvgIpc) is 2.11. The third kappa shape index (κ3) is 3.38. The van der Waals surface area contributed by atoms with Crippen LogP contribution in [0.25, 0.3) is 0 Å². The molecule has 0 aromatic carbocycles. The first-order valence-corrected chi connectivity index (χ1v) is 5.33. The third-order valence-corrected chi connectivity index (χ3v) is 2.44. The summed E-state index contributed by atoms with van der Waals surface area (Å²) in [5.74, 6) is 0.679. The summed E-state index contributed by atoms with van der Waals surface area (Å²) in [4.78, 5) is 13.5. The summed E-state index contributed by atoms with van der Waals surface area (Å²) in [6.07, 6.45) is 3.77. The molecule has 0 bridgehead atoms. The van der Waals surface area contributed by atoms with Crippen LogP contribution in [-0.2, 0) is 0 Å². The monoisotopic (exact) mass is 293 g/mol. The van der Waals surface area contributed by atoms with Gasteiger partial charge in [0.05, 0.1) is 10.2 Å². The van der Waals surface area contributed by atoms with Crippen LogP contribution in [0.2, 0.25) is 0 Å². The molecule has 0 amide bonds. The maximum Gasteiger partial charge on any atom is 0.251 e. The number of nitrogens with one attached hydrogen (secondary N) is 1. The molecule has 4 heteroatoms. The van der Waals surface area contributed by atoms with E-state index in [1.165, 1.54) is 6.07 Å². The van der Waals surface area contributed by atoms with E-state index in [4.69, 9.17) is 4.74 Å². The Morgan fingerprint density at radius 3 is 3.08 bits per heavy atom. The Morgan fingerprint density at radius 1 is 1.62 bits per heavy atom. The van der Waals surface area contributed by atoms with Gasteiger partial charge in [-0.2, -0.15) is 0 Å². The van der Waals surface area contributed by atoms with Crippen LogP contribution < -0.4 is 10.3 Å². The molecule has 1 aromatic rings. The largest absolute Gasteiger partial charge is 0.492 e. The van der Waals surface area contributed by atoms with Crippen LogP contribution in [0.15, 0.2) is 17.1 Å². The summed E-state index contributed by atoms with van der Waals surface area (Å²) in [5.41, 5.74) is -0.119. The van der Waals surface area contributed by atoms with Crippen LogP contribution in [0.3, 0.4) is 0 Å². The SMILES string of the molecule is CCCCOc1cc(=O)[nH]cc1I. The van der Waals surface area contributed by atoms with E-state index < -0.39 is 0 Å². The molecule has 0 aliphatic heterocycles. The fraction of sp³-hybridized carbons (Fsp3) is 0.444. The number of H-pyrrole nitrogens is 1. The van der Waals surface area contributed by atoms with Gasteiger partial charge in [0.15, 0.2) is 0 Å². The van der Waals surface area contributed by atoms with Gasteiger partial charge in [0.2, 0.25) is 0 Å². The van der Waals surface area contributed by atoms with Crippen LogP contribution in [-0.4, -0.2) is 11.6 Å². The zero-order valence-corrected chi connectivity index (χ0v) is 9.63. The fourth-order valence-electron chi connectivity index (χ4n) is 0.872. The minimum atomic E-state index is -0.119. The molecule has 0 fully saturated rings. The molecule has 0 atom stereocenters. The summed E-state index contributed by atoms with van der Waals surface area (Å²) in [6, 6.07) is 1.48. The molecule has 1 heterocycles. The predicted octanol–water partition coefficient (Wildman–Crippen LogP) is 2.16. The minimum absolute atomic E-state index is 0.119. The van der Waals surface area contributed by atoms with Crippen molar-refractivity contribution in [2.45, 2.75) is 19.8 Å². The average molecular weight is 293 g/mol. The number of aromatic amines is 1. The van der Waals surface area contributed by atoms with Gasteiger partial charge in [0.1, 0.15) is 5.75 Å². The maximum absolute atomic E-state index is 10.9. The van der Waals surface area contributed by atoms with E-state index >= 15 is 0 Å². The van der Waals surface area contributed by atoms with Crippen LogP contribution in [0, 0.1) is 3.57 Å². The van der Waals surface area contributed by atoms with E-state index in [9.17, 15) is 4.79 Å². The van der Waals surface area contributed by atoms with Gasteiger partial charge in [0.25, 0.3) is 5.56 Å². The lowest BCUT2D eigenvalue weighted by molar-refractivity contribution is 0.306. The normalized spacial score (nSPS) is 10.0. The van der Waals surface area contributed by atoms with Crippen molar-refractivity contribution in [1.82, 2.24) is 4.98 Å². The summed E-state index contributed by atoms with van der Waals surface area (Å²) in [6.45, 7) is 2.78. The third-order valence-electron chi connectivity index (χ3n) is 1.59. The highest BCUT2D eigenvalue weighted by atomic mass is 127. The van der Waals surface area contributed by atoms with Crippen molar-refractivity contribution in [3.63, 3.8) is 0 Å². The molecular formula is C9H12INO2. The lowest BCUT2D eigenvalue weighted by atomic mass is 10.3. The summed E-state index contributed by atoms with van der Waals surface area (Å²) in [5, 5.41) is 0. The highest BCUT2D eigenvalue weighted by Gasteiger charge is 2.00. The second-order valence-electron chi connectivity index (χ2n) is 2.71. The highest BCUT2D eigenvalue weighted by molar-refractivity contribution is 14.1. The molecule has 0 aliphatic carbocycles. The molecular weight excluding hydrogens is 281 g/mol. The molecule has 1 N–H and O–H groups in total. The van der Waals surface area contributed by atoms with Gasteiger partial charge >= 0.3 is 0 Å². The maximum atomic E-state index is 10.9. The van der Waals surface area contributed by atoms with Gasteiger partial charge in [-0.3, -0.25) is 4.79 Å². The van der Waals surface area contributed by atoms with Crippen molar-refractivity contribution >= 4 is 22.6 Å². The Morgan fingerprint density at radius 2 is 2.38 bits per heavy atom. The van der Waals surface area contributed by atoms with Crippen LogP contribution in [0.5, 0.6) is 5.75 Å². The number of pyridine rings is 1. The van der Waals surface area contributed by atoms with Crippen molar-refractivity contribution in [2.24, 2.45) is 0 Å². The Hall–Kier alpha value is -0.520. The standard InChI is InChI=1S/C9H12INO2/c1-2-3-4-13-8-5-9(12)11-6-7(8)10/h5-6H,2-4H2,1H3,(H,11,12). The van der Waals surface area contributed by atoms with E-state index in [-0.39, 0.29) is 5.56 Å². The Bertz CT molecular complexity index is 322. The van der Waals surface area contributed by atoms with E-state index in [2.05, 4.69) is 34.5 Å². The molecule has 1 aromatic heterocycles. The van der Waals surface area contributed by atoms with Crippen LogP contribution in [0.1, 0.15) is 19.8 Å². The molecule has 13 heavy (non-hydrogen) atoms. The lowest BCUT2D eigenvalue weighted by Gasteiger charge is -2.05. The van der Waals surface area contributed by atoms with Gasteiger partial charge < -0.3 is 9.72 Å². The first-order chi connectivity index (χ1) is 6.24. The number of ether oxygens (including phenoxy) is 1. The van der Waals surface area contributed by atoms with Crippen molar-refractivity contribution in [3.8, 4) is 5.75 Å². The first kappa shape index (κ1) is 10.6. The molecule has 72 valence electrons. The summed E-state index contributed by atoms with van der Waals surface area (Å²) in [7, 11) is 0. The van der Waals surface area contributed by atoms with Gasteiger partial charge in [0, 0.05) is 12.3 Å². The Kier molecular flexibility index (Phi) is 4.27. The van der Waals surface area contributed by atoms with Gasteiger partial charge in [-0.25, -0.2) is 0 Å². The molecule has 0 aliphatic rings. The van der Waals surface area contributed by atoms with E-state index in [0.29, 0.717) is 12.4 Å². The second kappa shape index (κ2) is 5.26. The van der Waals surface area contributed by atoms with Crippen molar-refractivity contribution in [2.75, 3.05) is 6.61 Å². The summed E-state index contributed by atoms with van der Waals surface area (Å²) < 4.78 is 6.37. The molecule has 0 unspecified atom stereocenters. The molecule has 1 rings (SSSR count).